The fourth-order valence-electron chi connectivity index (χ4n) is 2.13. The Kier molecular flexibility index (Phi) is 4.08. The molecule has 0 saturated carbocycles. The van der Waals surface area contributed by atoms with Crippen molar-refractivity contribution in [3.63, 3.8) is 0 Å². The van der Waals surface area contributed by atoms with E-state index in [0.717, 1.165) is 43.9 Å². The Hall–Kier alpha value is -1.44. The lowest BCUT2D eigenvalue weighted by atomic mass is 10.1. The number of hydrogen-bond donors (Lipinski definition) is 1. The van der Waals surface area contributed by atoms with Gasteiger partial charge in [0, 0.05) is 37.1 Å². The molecule has 1 aliphatic rings. The quantitative estimate of drug-likeness (QED) is 0.830. The van der Waals surface area contributed by atoms with E-state index in [4.69, 9.17) is 0 Å². The molecule has 1 fully saturated rings. The van der Waals surface area contributed by atoms with E-state index in [1.165, 1.54) is 0 Å². The minimum atomic E-state index is -0.164. The van der Waals surface area contributed by atoms with Gasteiger partial charge in [-0.05, 0) is 26.0 Å². The summed E-state index contributed by atoms with van der Waals surface area (Å²) in [6.07, 6.45) is 2.92. The van der Waals surface area contributed by atoms with E-state index >= 15 is 0 Å². The van der Waals surface area contributed by atoms with Gasteiger partial charge in [-0.25, -0.2) is 0 Å². The number of aromatic nitrogens is 1. The van der Waals surface area contributed by atoms with Gasteiger partial charge in [0.05, 0.1) is 6.07 Å². The second kappa shape index (κ2) is 5.76. The first kappa shape index (κ1) is 12.0. The summed E-state index contributed by atoms with van der Waals surface area (Å²) in [6.45, 7) is 5.85. The predicted octanol–water partition coefficient (Wildman–Crippen LogP) is 1.25. The minimum Gasteiger partial charge on any atom is -0.315 e. The summed E-state index contributed by atoms with van der Waals surface area (Å²) in [4.78, 5) is 6.50. The molecule has 1 aromatic heterocycles. The van der Waals surface area contributed by atoms with Crippen molar-refractivity contribution in [2.45, 2.75) is 19.4 Å². The molecule has 2 heterocycles. The van der Waals surface area contributed by atoms with Gasteiger partial charge in [-0.3, -0.25) is 9.88 Å². The van der Waals surface area contributed by atoms with E-state index in [1.54, 1.807) is 0 Å². The molecule has 0 amide bonds. The van der Waals surface area contributed by atoms with E-state index in [0.29, 0.717) is 0 Å². The number of rotatable bonds is 2. The van der Waals surface area contributed by atoms with Gasteiger partial charge in [0.2, 0.25) is 0 Å². The van der Waals surface area contributed by atoms with E-state index in [9.17, 15) is 5.26 Å². The zero-order valence-corrected chi connectivity index (χ0v) is 10.2. The van der Waals surface area contributed by atoms with E-state index in [-0.39, 0.29) is 6.04 Å². The third-order valence-electron chi connectivity index (χ3n) is 3.11. The smallest absolute Gasteiger partial charge is 0.125 e. The molecule has 0 bridgehead atoms. The highest BCUT2D eigenvalue weighted by atomic mass is 15.2. The van der Waals surface area contributed by atoms with Crippen LogP contribution in [0.3, 0.4) is 0 Å². The van der Waals surface area contributed by atoms with Gasteiger partial charge in [0.25, 0.3) is 0 Å². The van der Waals surface area contributed by atoms with E-state index < -0.39 is 0 Å². The van der Waals surface area contributed by atoms with Crippen molar-refractivity contribution in [1.82, 2.24) is 15.2 Å². The molecule has 0 aliphatic carbocycles. The number of nitrogens with one attached hydrogen (secondary N) is 1. The normalized spacial score (nSPS) is 19.3. The van der Waals surface area contributed by atoms with Crippen LogP contribution < -0.4 is 5.32 Å². The lowest BCUT2D eigenvalue weighted by Crippen LogP contribution is -2.31. The average Bonchev–Trinajstić information content (AvgIpc) is 2.62. The summed E-state index contributed by atoms with van der Waals surface area (Å²) in [5.74, 6) is 0. The summed E-state index contributed by atoms with van der Waals surface area (Å²) in [6, 6.07) is 6.21. The van der Waals surface area contributed by atoms with Crippen molar-refractivity contribution in [1.29, 1.82) is 5.26 Å². The molecule has 1 unspecified atom stereocenters. The standard InChI is InChI=1S/C13H18N4/c1-11-3-4-12(10-16-11)13(9-14)17-7-2-5-15-6-8-17/h3-4,10,13,15H,2,5-8H2,1H3. The monoisotopic (exact) mass is 230 g/mol. The molecular weight excluding hydrogens is 212 g/mol. The molecule has 1 N–H and O–H groups in total. The Morgan fingerprint density at radius 1 is 1.41 bits per heavy atom. The van der Waals surface area contributed by atoms with Gasteiger partial charge in [-0.2, -0.15) is 5.26 Å². The molecule has 4 heteroatoms. The van der Waals surface area contributed by atoms with Gasteiger partial charge in [-0.15, -0.1) is 0 Å². The van der Waals surface area contributed by atoms with Crippen molar-refractivity contribution in [3.8, 4) is 6.07 Å². The van der Waals surface area contributed by atoms with Gasteiger partial charge in [-0.1, -0.05) is 6.07 Å². The van der Waals surface area contributed by atoms with Crippen LogP contribution in [-0.2, 0) is 0 Å². The van der Waals surface area contributed by atoms with Crippen LogP contribution in [0.5, 0.6) is 0 Å². The first-order chi connectivity index (χ1) is 8.31. The number of nitriles is 1. The van der Waals surface area contributed by atoms with Crippen LogP contribution in [0.1, 0.15) is 23.7 Å². The topological polar surface area (TPSA) is 52.0 Å². The molecule has 1 aliphatic heterocycles. The summed E-state index contributed by atoms with van der Waals surface area (Å²) >= 11 is 0. The van der Waals surface area contributed by atoms with Crippen LogP contribution in [0, 0.1) is 18.3 Å². The summed E-state index contributed by atoms with van der Waals surface area (Å²) < 4.78 is 0. The molecular formula is C13H18N4. The molecule has 1 atom stereocenters. The fourth-order valence-corrected chi connectivity index (χ4v) is 2.13. The molecule has 1 saturated heterocycles. The molecule has 1 aromatic rings. The molecule has 4 nitrogen and oxygen atoms in total. The summed E-state index contributed by atoms with van der Waals surface area (Å²) in [5.41, 5.74) is 1.99. The van der Waals surface area contributed by atoms with Crippen LogP contribution >= 0.6 is 0 Å². The largest absolute Gasteiger partial charge is 0.315 e. The van der Waals surface area contributed by atoms with Crippen molar-refractivity contribution in [2.75, 3.05) is 26.2 Å². The maximum Gasteiger partial charge on any atom is 0.125 e. The summed E-state index contributed by atoms with van der Waals surface area (Å²) in [7, 11) is 0. The van der Waals surface area contributed by atoms with Gasteiger partial charge < -0.3 is 5.32 Å². The van der Waals surface area contributed by atoms with Gasteiger partial charge in [0.1, 0.15) is 6.04 Å². The molecule has 0 aromatic carbocycles. The van der Waals surface area contributed by atoms with E-state index in [2.05, 4.69) is 21.3 Å². The zero-order chi connectivity index (χ0) is 12.1. The molecule has 0 spiro atoms. The predicted molar refractivity (Wildman–Crippen MR) is 66.4 cm³/mol. The summed E-state index contributed by atoms with van der Waals surface area (Å²) in [5, 5.41) is 12.7. The van der Waals surface area contributed by atoms with Gasteiger partial charge in [0.15, 0.2) is 0 Å². The van der Waals surface area contributed by atoms with Crippen LogP contribution in [-0.4, -0.2) is 36.1 Å². The van der Waals surface area contributed by atoms with Crippen LogP contribution in [0.4, 0.5) is 0 Å². The van der Waals surface area contributed by atoms with Crippen LogP contribution in [0.2, 0.25) is 0 Å². The van der Waals surface area contributed by atoms with Crippen molar-refractivity contribution in [3.05, 3.63) is 29.6 Å². The SMILES string of the molecule is Cc1ccc(C(C#N)N2CCCNCC2)cn1. The highest BCUT2D eigenvalue weighted by molar-refractivity contribution is 5.22. The highest BCUT2D eigenvalue weighted by Crippen LogP contribution is 2.20. The third kappa shape index (κ3) is 3.02. The Bertz CT molecular complexity index is 385. The fraction of sp³-hybridized carbons (Fsp3) is 0.538. The number of hydrogen-bond acceptors (Lipinski definition) is 4. The van der Waals surface area contributed by atoms with E-state index in [1.807, 2.05) is 25.3 Å². The first-order valence-electron chi connectivity index (χ1n) is 6.08. The van der Waals surface area contributed by atoms with Gasteiger partial charge >= 0.3 is 0 Å². The Morgan fingerprint density at radius 3 is 3.00 bits per heavy atom. The molecule has 0 radical (unpaired) electrons. The molecule has 17 heavy (non-hydrogen) atoms. The first-order valence-corrected chi connectivity index (χ1v) is 6.08. The Balaban J connectivity index is 2.15. The zero-order valence-electron chi connectivity index (χ0n) is 10.2. The lowest BCUT2D eigenvalue weighted by molar-refractivity contribution is 0.252. The Labute approximate surface area is 102 Å². The van der Waals surface area contributed by atoms with Crippen LogP contribution in [0.25, 0.3) is 0 Å². The third-order valence-corrected chi connectivity index (χ3v) is 3.11. The number of nitrogens with zero attached hydrogens (tertiary/aromatic N) is 3. The second-order valence-electron chi connectivity index (χ2n) is 4.40. The maximum absolute atomic E-state index is 9.35. The van der Waals surface area contributed by atoms with Crippen molar-refractivity contribution >= 4 is 0 Å². The average molecular weight is 230 g/mol. The van der Waals surface area contributed by atoms with Crippen molar-refractivity contribution < 1.29 is 0 Å². The highest BCUT2D eigenvalue weighted by Gasteiger charge is 2.20. The van der Waals surface area contributed by atoms with Crippen molar-refractivity contribution in [2.24, 2.45) is 0 Å². The maximum atomic E-state index is 9.35. The lowest BCUT2D eigenvalue weighted by Gasteiger charge is -2.25. The number of pyridine rings is 1. The van der Waals surface area contributed by atoms with Crippen LogP contribution in [0.15, 0.2) is 18.3 Å². The minimum absolute atomic E-state index is 0.164. The number of aryl methyl sites for hydroxylation is 1. The second-order valence-corrected chi connectivity index (χ2v) is 4.40. The molecule has 2 rings (SSSR count). The molecule has 90 valence electrons. The Morgan fingerprint density at radius 2 is 2.29 bits per heavy atom.